The molecule has 0 amide bonds. The minimum atomic E-state index is -0.426. The summed E-state index contributed by atoms with van der Waals surface area (Å²) in [5.41, 5.74) is 0.986. The molecule has 0 saturated carbocycles. The van der Waals surface area contributed by atoms with Gasteiger partial charge in [0.1, 0.15) is 5.75 Å². The van der Waals surface area contributed by atoms with Gasteiger partial charge < -0.3 is 9.47 Å². The molecule has 0 aliphatic rings. The fourth-order valence-corrected chi connectivity index (χ4v) is 1.56. The van der Waals surface area contributed by atoms with Crippen molar-refractivity contribution in [3.63, 3.8) is 0 Å². The molecule has 0 N–H and O–H groups in total. The molecule has 0 radical (unpaired) electrons. The maximum atomic E-state index is 5.83. The summed E-state index contributed by atoms with van der Waals surface area (Å²) in [7, 11) is 0. The Labute approximate surface area is 107 Å². The second-order valence-corrected chi connectivity index (χ2v) is 3.78. The molecule has 0 aliphatic carbocycles. The molecule has 2 aromatic carbocycles. The fourth-order valence-electron chi connectivity index (χ4n) is 1.56. The Morgan fingerprint density at radius 3 is 2.11 bits per heavy atom. The standard InChI is InChI=1S/C16H16O2/c1-2-13-17-16(14-9-5-3-6-10-14)18-15-11-7-4-8-12-15/h2-13,16H,1H3. The van der Waals surface area contributed by atoms with Crippen molar-refractivity contribution in [1.29, 1.82) is 0 Å². The predicted molar refractivity (Wildman–Crippen MR) is 72.2 cm³/mol. The number of hydrogen-bond donors (Lipinski definition) is 0. The van der Waals surface area contributed by atoms with Crippen molar-refractivity contribution in [3.8, 4) is 5.75 Å². The number of benzene rings is 2. The minimum absolute atomic E-state index is 0.426. The van der Waals surface area contributed by atoms with E-state index in [1.165, 1.54) is 0 Å². The summed E-state index contributed by atoms with van der Waals surface area (Å²) >= 11 is 0. The maximum absolute atomic E-state index is 5.83. The Morgan fingerprint density at radius 2 is 1.50 bits per heavy atom. The van der Waals surface area contributed by atoms with Crippen LogP contribution in [0.1, 0.15) is 18.8 Å². The molecule has 2 heteroatoms. The van der Waals surface area contributed by atoms with Crippen LogP contribution in [0, 0.1) is 0 Å². The molecule has 0 heterocycles. The van der Waals surface area contributed by atoms with Gasteiger partial charge in [0.25, 0.3) is 6.29 Å². The van der Waals surface area contributed by atoms with Gasteiger partial charge in [0.15, 0.2) is 0 Å². The second-order valence-electron chi connectivity index (χ2n) is 3.78. The number of hydrogen-bond acceptors (Lipinski definition) is 2. The highest BCUT2D eigenvalue weighted by atomic mass is 16.7. The highest BCUT2D eigenvalue weighted by Crippen LogP contribution is 2.22. The summed E-state index contributed by atoms with van der Waals surface area (Å²) in [6, 6.07) is 19.5. The van der Waals surface area contributed by atoms with E-state index in [1.54, 1.807) is 6.26 Å². The van der Waals surface area contributed by atoms with E-state index in [1.807, 2.05) is 73.7 Å². The molecule has 2 nitrogen and oxygen atoms in total. The van der Waals surface area contributed by atoms with Crippen LogP contribution in [-0.2, 0) is 4.74 Å². The van der Waals surface area contributed by atoms with E-state index in [4.69, 9.17) is 9.47 Å². The van der Waals surface area contributed by atoms with Gasteiger partial charge in [-0.05, 0) is 19.1 Å². The van der Waals surface area contributed by atoms with Crippen LogP contribution in [0.5, 0.6) is 5.75 Å². The molecule has 0 aliphatic heterocycles. The lowest BCUT2D eigenvalue weighted by molar-refractivity contribution is -0.0321. The third kappa shape index (κ3) is 3.39. The van der Waals surface area contributed by atoms with Crippen LogP contribution in [0.2, 0.25) is 0 Å². The van der Waals surface area contributed by atoms with Crippen LogP contribution in [0.25, 0.3) is 0 Å². The summed E-state index contributed by atoms with van der Waals surface area (Å²) in [4.78, 5) is 0. The molecule has 0 aromatic heterocycles. The first-order valence-corrected chi connectivity index (χ1v) is 5.93. The van der Waals surface area contributed by atoms with Gasteiger partial charge >= 0.3 is 0 Å². The molecule has 1 atom stereocenters. The van der Waals surface area contributed by atoms with E-state index in [2.05, 4.69) is 0 Å². The van der Waals surface area contributed by atoms with E-state index in [0.717, 1.165) is 11.3 Å². The Bertz CT molecular complexity index is 477. The molecule has 0 bridgehead atoms. The lowest BCUT2D eigenvalue weighted by Gasteiger charge is -2.18. The molecular weight excluding hydrogens is 224 g/mol. The first-order valence-electron chi connectivity index (χ1n) is 5.93. The highest BCUT2D eigenvalue weighted by Gasteiger charge is 2.12. The third-order valence-corrected chi connectivity index (χ3v) is 2.40. The largest absolute Gasteiger partial charge is 0.459 e. The fraction of sp³-hybridized carbons (Fsp3) is 0.125. The zero-order valence-electron chi connectivity index (χ0n) is 10.3. The van der Waals surface area contributed by atoms with Crippen molar-refractivity contribution in [1.82, 2.24) is 0 Å². The molecule has 2 aromatic rings. The Balaban J connectivity index is 2.16. The molecule has 2 rings (SSSR count). The molecule has 1 unspecified atom stereocenters. The quantitative estimate of drug-likeness (QED) is 0.572. The van der Waals surface area contributed by atoms with Gasteiger partial charge in [-0.2, -0.15) is 0 Å². The summed E-state index contributed by atoms with van der Waals surface area (Å²) in [6.07, 6.45) is 3.05. The first-order chi connectivity index (χ1) is 8.90. The van der Waals surface area contributed by atoms with E-state index in [-0.39, 0.29) is 0 Å². The molecule has 0 spiro atoms. The monoisotopic (exact) mass is 240 g/mol. The van der Waals surface area contributed by atoms with E-state index < -0.39 is 6.29 Å². The zero-order valence-corrected chi connectivity index (χ0v) is 10.3. The van der Waals surface area contributed by atoms with Crippen LogP contribution in [-0.4, -0.2) is 0 Å². The van der Waals surface area contributed by atoms with Crippen molar-refractivity contribution >= 4 is 0 Å². The average molecular weight is 240 g/mol. The van der Waals surface area contributed by atoms with Crippen molar-refractivity contribution in [2.75, 3.05) is 0 Å². The molecular formula is C16H16O2. The Kier molecular flexibility index (Phi) is 4.42. The van der Waals surface area contributed by atoms with Gasteiger partial charge in [0.05, 0.1) is 6.26 Å². The predicted octanol–water partition coefficient (Wildman–Crippen LogP) is 4.31. The Hall–Kier alpha value is -2.22. The second kappa shape index (κ2) is 6.50. The normalized spacial score (nSPS) is 12.3. The lowest BCUT2D eigenvalue weighted by Crippen LogP contribution is -2.09. The zero-order chi connectivity index (χ0) is 12.6. The summed E-state index contributed by atoms with van der Waals surface area (Å²) < 4.78 is 11.4. The van der Waals surface area contributed by atoms with Crippen LogP contribution >= 0.6 is 0 Å². The van der Waals surface area contributed by atoms with Crippen molar-refractivity contribution in [3.05, 3.63) is 78.6 Å². The van der Waals surface area contributed by atoms with E-state index in [9.17, 15) is 0 Å². The summed E-state index contributed by atoms with van der Waals surface area (Å²) in [5.74, 6) is 0.788. The van der Waals surface area contributed by atoms with Crippen LogP contribution in [0.15, 0.2) is 73.0 Å². The van der Waals surface area contributed by atoms with Gasteiger partial charge in [-0.1, -0.05) is 54.6 Å². The van der Waals surface area contributed by atoms with Crippen LogP contribution < -0.4 is 4.74 Å². The van der Waals surface area contributed by atoms with Gasteiger partial charge in [-0.3, -0.25) is 0 Å². The molecule has 92 valence electrons. The molecule has 0 fully saturated rings. The molecule has 18 heavy (non-hydrogen) atoms. The minimum Gasteiger partial charge on any atom is -0.459 e. The van der Waals surface area contributed by atoms with Crippen LogP contribution in [0.3, 0.4) is 0 Å². The molecule has 0 saturated heterocycles. The first kappa shape index (κ1) is 12.2. The van der Waals surface area contributed by atoms with Gasteiger partial charge in [-0.25, -0.2) is 0 Å². The third-order valence-electron chi connectivity index (χ3n) is 2.40. The maximum Gasteiger partial charge on any atom is 0.266 e. The van der Waals surface area contributed by atoms with Crippen molar-refractivity contribution in [2.24, 2.45) is 0 Å². The van der Waals surface area contributed by atoms with Gasteiger partial charge in [-0.15, -0.1) is 0 Å². The topological polar surface area (TPSA) is 18.5 Å². The average Bonchev–Trinajstić information content (AvgIpc) is 2.45. The SMILES string of the molecule is CC=COC(Oc1ccccc1)c1ccccc1. The van der Waals surface area contributed by atoms with Crippen LogP contribution in [0.4, 0.5) is 0 Å². The van der Waals surface area contributed by atoms with Crippen molar-refractivity contribution < 1.29 is 9.47 Å². The highest BCUT2D eigenvalue weighted by molar-refractivity contribution is 5.23. The summed E-state index contributed by atoms with van der Waals surface area (Å²) in [6.45, 7) is 1.91. The van der Waals surface area contributed by atoms with Gasteiger partial charge in [0, 0.05) is 5.56 Å². The van der Waals surface area contributed by atoms with Gasteiger partial charge in [0.2, 0.25) is 0 Å². The Morgan fingerprint density at radius 1 is 0.889 bits per heavy atom. The number of ether oxygens (including phenoxy) is 2. The van der Waals surface area contributed by atoms with Crippen molar-refractivity contribution in [2.45, 2.75) is 13.2 Å². The number of rotatable bonds is 5. The lowest BCUT2D eigenvalue weighted by atomic mass is 10.2. The smallest absolute Gasteiger partial charge is 0.266 e. The number of allylic oxidation sites excluding steroid dienone is 1. The number of para-hydroxylation sites is 1. The van der Waals surface area contributed by atoms with E-state index >= 15 is 0 Å². The van der Waals surface area contributed by atoms with E-state index in [0.29, 0.717) is 0 Å². The summed E-state index contributed by atoms with van der Waals surface area (Å²) in [5, 5.41) is 0.